The van der Waals surface area contributed by atoms with Gasteiger partial charge in [-0.3, -0.25) is 9.59 Å². The van der Waals surface area contributed by atoms with Crippen LogP contribution in [0.3, 0.4) is 0 Å². The third-order valence-electron chi connectivity index (χ3n) is 5.30. The zero-order chi connectivity index (χ0) is 26.7. The molecule has 3 aromatic carbocycles. The largest absolute Gasteiger partial charge is 0.497 e. The summed E-state index contributed by atoms with van der Waals surface area (Å²) in [7, 11) is 2.90. The van der Waals surface area contributed by atoms with Crippen LogP contribution in [0.1, 0.15) is 5.76 Å². The van der Waals surface area contributed by atoms with Gasteiger partial charge in [0.1, 0.15) is 22.8 Å². The van der Waals surface area contributed by atoms with Crippen LogP contribution in [0.5, 0.6) is 17.2 Å². The van der Waals surface area contributed by atoms with Gasteiger partial charge in [-0.1, -0.05) is 23.7 Å². The van der Waals surface area contributed by atoms with E-state index in [1.165, 1.54) is 50.6 Å². The molecule has 0 aliphatic heterocycles. The summed E-state index contributed by atoms with van der Waals surface area (Å²) in [5, 5.41) is 2.83. The third kappa shape index (κ3) is 5.64. The molecule has 0 bridgehead atoms. The van der Waals surface area contributed by atoms with Crippen LogP contribution in [0.25, 0.3) is 22.1 Å². The summed E-state index contributed by atoms with van der Waals surface area (Å²) in [6.45, 7) is -0.481. The second kappa shape index (κ2) is 10.4. The highest BCUT2D eigenvalue weighted by atomic mass is 35.5. The van der Waals surface area contributed by atoms with Gasteiger partial charge >= 0.3 is 6.18 Å². The fourth-order valence-electron chi connectivity index (χ4n) is 3.59. The number of halogens is 4. The Morgan fingerprint density at radius 3 is 2.32 bits per heavy atom. The highest BCUT2D eigenvalue weighted by Gasteiger charge is 2.39. The zero-order valence-corrected chi connectivity index (χ0v) is 20.2. The number of carbonyl (C=O) groups excluding carboxylic acids is 1. The first-order chi connectivity index (χ1) is 17.6. The maximum atomic E-state index is 13.8. The van der Waals surface area contributed by atoms with E-state index in [-0.39, 0.29) is 22.3 Å². The van der Waals surface area contributed by atoms with E-state index in [1.54, 1.807) is 18.2 Å². The normalized spacial score (nSPS) is 11.3. The molecule has 0 saturated carbocycles. The number of hydrogen-bond donors (Lipinski definition) is 1. The first-order valence-corrected chi connectivity index (χ1v) is 11.1. The number of amides is 1. The molecule has 0 atom stereocenters. The summed E-state index contributed by atoms with van der Waals surface area (Å²) < 4.78 is 62.4. The van der Waals surface area contributed by atoms with Gasteiger partial charge in [-0.25, -0.2) is 0 Å². The van der Waals surface area contributed by atoms with Crippen molar-refractivity contribution in [3.8, 4) is 28.4 Å². The molecule has 192 valence electrons. The molecule has 4 rings (SSSR count). The van der Waals surface area contributed by atoms with Gasteiger partial charge in [-0.05, 0) is 42.0 Å². The molecular formula is C26H19ClF3NO6. The summed E-state index contributed by atoms with van der Waals surface area (Å²) in [4.78, 5) is 25.5. The quantitative estimate of drug-likeness (QED) is 0.306. The van der Waals surface area contributed by atoms with Crippen molar-refractivity contribution in [2.45, 2.75) is 6.18 Å². The van der Waals surface area contributed by atoms with Gasteiger partial charge in [0.2, 0.25) is 11.2 Å². The number of benzene rings is 3. The molecule has 11 heteroatoms. The fraction of sp³-hybridized carbons (Fsp3) is 0.154. The van der Waals surface area contributed by atoms with Crippen LogP contribution in [0.15, 0.2) is 69.9 Å². The summed E-state index contributed by atoms with van der Waals surface area (Å²) >= 11 is 5.83. The summed E-state index contributed by atoms with van der Waals surface area (Å²) in [5.74, 6) is -1.12. The number of ether oxygens (including phenoxy) is 3. The van der Waals surface area contributed by atoms with Crippen molar-refractivity contribution in [3.05, 3.63) is 81.7 Å². The van der Waals surface area contributed by atoms with Crippen molar-refractivity contribution in [2.24, 2.45) is 0 Å². The molecule has 7 nitrogen and oxygen atoms in total. The SMILES string of the molecule is COc1ccc(OC)c(NC(=O)COc2ccc3c(=O)c(-c4ccc(Cl)cc4)c(C(F)(F)F)oc3c2)c1. The molecule has 1 heterocycles. The molecule has 4 aromatic rings. The Labute approximate surface area is 213 Å². The molecular weight excluding hydrogens is 515 g/mol. The Kier molecular flexibility index (Phi) is 7.30. The van der Waals surface area contributed by atoms with Crippen molar-refractivity contribution >= 4 is 34.2 Å². The standard InChI is InChI=1S/C26H19ClF3NO6/c1-34-16-8-10-20(35-2)19(11-16)31-22(32)13-36-17-7-9-18-21(12-17)37-25(26(28,29)30)23(24(18)33)14-3-5-15(27)6-4-14/h3-12H,13H2,1-2H3,(H,31,32). The van der Waals surface area contributed by atoms with E-state index in [1.807, 2.05) is 0 Å². The maximum Gasteiger partial charge on any atom is 0.450 e. The van der Waals surface area contributed by atoms with Crippen LogP contribution in [0.2, 0.25) is 5.02 Å². The van der Waals surface area contributed by atoms with Crippen LogP contribution in [-0.4, -0.2) is 26.7 Å². The molecule has 0 aliphatic carbocycles. The zero-order valence-electron chi connectivity index (χ0n) is 19.4. The predicted molar refractivity (Wildman–Crippen MR) is 132 cm³/mol. The number of hydrogen-bond acceptors (Lipinski definition) is 6. The smallest absolute Gasteiger partial charge is 0.450 e. The van der Waals surface area contributed by atoms with Gasteiger partial charge in [0.25, 0.3) is 5.91 Å². The molecule has 1 amide bonds. The number of anilines is 1. The molecule has 1 N–H and O–H groups in total. The van der Waals surface area contributed by atoms with Crippen LogP contribution in [0.4, 0.5) is 18.9 Å². The van der Waals surface area contributed by atoms with Gasteiger partial charge in [0.15, 0.2) is 6.61 Å². The topological polar surface area (TPSA) is 87.0 Å². The lowest BCUT2D eigenvalue weighted by Crippen LogP contribution is -2.20. The maximum absolute atomic E-state index is 13.8. The Bertz CT molecular complexity index is 1520. The van der Waals surface area contributed by atoms with Crippen molar-refractivity contribution in [2.75, 3.05) is 26.1 Å². The van der Waals surface area contributed by atoms with Gasteiger partial charge < -0.3 is 23.9 Å². The summed E-state index contributed by atoms with van der Waals surface area (Å²) in [5.41, 5.74) is -1.49. The number of alkyl halides is 3. The van der Waals surface area contributed by atoms with E-state index < -0.39 is 35.4 Å². The predicted octanol–water partition coefficient (Wildman–Crippen LogP) is 6.17. The lowest BCUT2D eigenvalue weighted by atomic mass is 10.0. The minimum absolute atomic E-state index is 0.0114. The van der Waals surface area contributed by atoms with E-state index in [2.05, 4.69) is 5.32 Å². The van der Waals surface area contributed by atoms with E-state index in [9.17, 15) is 22.8 Å². The van der Waals surface area contributed by atoms with E-state index in [0.717, 1.165) is 6.07 Å². The summed E-state index contributed by atoms with van der Waals surface area (Å²) in [6.07, 6.45) is -4.95. The number of carbonyl (C=O) groups is 1. The van der Waals surface area contributed by atoms with Gasteiger partial charge in [0.05, 0.1) is 30.9 Å². The molecule has 1 aromatic heterocycles. The van der Waals surface area contributed by atoms with E-state index >= 15 is 0 Å². The monoisotopic (exact) mass is 533 g/mol. The molecule has 0 spiro atoms. The van der Waals surface area contributed by atoms with Crippen molar-refractivity contribution in [3.63, 3.8) is 0 Å². The minimum atomic E-state index is -4.95. The van der Waals surface area contributed by atoms with Gasteiger partial charge in [-0.2, -0.15) is 13.2 Å². The van der Waals surface area contributed by atoms with Crippen LogP contribution >= 0.6 is 11.6 Å². The minimum Gasteiger partial charge on any atom is -0.497 e. The number of fused-ring (bicyclic) bond motifs is 1. The third-order valence-corrected chi connectivity index (χ3v) is 5.56. The van der Waals surface area contributed by atoms with Crippen molar-refractivity contribution in [1.29, 1.82) is 0 Å². The molecule has 0 unspecified atom stereocenters. The van der Waals surface area contributed by atoms with Gasteiger partial charge in [-0.15, -0.1) is 0 Å². The molecule has 37 heavy (non-hydrogen) atoms. The average Bonchev–Trinajstić information content (AvgIpc) is 2.87. The Hall–Kier alpha value is -4.18. The van der Waals surface area contributed by atoms with Crippen LogP contribution in [0, 0.1) is 0 Å². The van der Waals surface area contributed by atoms with Crippen LogP contribution < -0.4 is 25.0 Å². The number of nitrogens with one attached hydrogen (secondary N) is 1. The highest BCUT2D eigenvalue weighted by molar-refractivity contribution is 6.30. The highest BCUT2D eigenvalue weighted by Crippen LogP contribution is 2.38. The average molecular weight is 534 g/mol. The molecule has 0 aliphatic rings. The van der Waals surface area contributed by atoms with Crippen LogP contribution in [-0.2, 0) is 11.0 Å². The lowest BCUT2D eigenvalue weighted by Gasteiger charge is -2.14. The lowest BCUT2D eigenvalue weighted by molar-refractivity contribution is -0.152. The second-order valence-corrected chi connectivity index (χ2v) is 8.14. The summed E-state index contributed by atoms with van der Waals surface area (Å²) in [6, 6.07) is 13.9. The molecule has 0 radical (unpaired) electrons. The number of methoxy groups -OCH3 is 2. The molecule has 0 saturated heterocycles. The first kappa shape index (κ1) is 25.9. The van der Waals surface area contributed by atoms with Crippen molar-refractivity contribution in [1.82, 2.24) is 0 Å². The number of rotatable bonds is 7. The second-order valence-electron chi connectivity index (χ2n) is 7.70. The van der Waals surface area contributed by atoms with Gasteiger partial charge in [0, 0.05) is 17.2 Å². The fourth-order valence-corrected chi connectivity index (χ4v) is 3.71. The Morgan fingerprint density at radius 2 is 1.68 bits per heavy atom. The van der Waals surface area contributed by atoms with Crippen molar-refractivity contribution < 1.29 is 36.6 Å². The first-order valence-electron chi connectivity index (χ1n) is 10.7. The van der Waals surface area contributed by atoms with E-state index in [0.29, 0.717) is 22.2 Å². The Balaban J connectivity index is 1.62. The Morgan fingerprint density at radius 1 is 0.973 bits per heavy atom. The molecule has 0 fully saturated rings. The van der Waals surface area contributed by atoms with E-state index in [4.69, 9.17) is 30.2 Å².